The highest BCUT2D eigenvalue weighted by molar-refractivity contribution is 7.98. The van der Waals surface area contributed by atoms with E-state index in [1.165, 1.54) is 11.8 Å². The number of halogens is 1. The summed E-state index contributed by atoms with van der Waals surface area (Å²) in [5.41, 5.74) is 1.76. The molecule has 0 aliphatic heterocycles. The summed E-state index contributed by atoms with van der Waals surface area (Å²) in [6, 6.07) is 12.2. The Labute approximate surface area is 157 Å². The Bertz CT molecular complexity index is 885. The van der Waals surface area contributed by atoms with Crippen LogP contribution in [0.25, 0.3) is 0 Å². The largest absolute Gasteiger partial charge is 0.323 e. The van der Waals surface area contributed by atoms with Crippen LogP contribution in [-0.4, -0.2) is 33.4 Å². The van der Waals surface area contributed by atoms with Gasteiger partial charge in [0.25, 0.3) is 0 Å². The van der Waals surface area contributed by atoms with Gasteiger partial charge in [0.1, 0.15) is 6.54 Å². The average molecular weight is 399 g/mol. The van der Waals surface area contributed by atoms with Gasteiger partial charge in [-0.05, 0) is 49.1 Å². The number of amides is 1. The van der Waals surface area contributed by atoms with Crippen molar-refractivity contribution in [2.45, 2.75) is 11.8 Å². The van der Waals surface area contributed by atoms with Crippen molar-refractivity contribution in [1.82, 2.24) is 0 Å². The fourth-order valence-corrected chi connectivity index (χ4v) is 4.04. The summed E-state index contributed by atoms with van der Waals surface area (Å²) in [5.74, 6) is -0.415. The lowest BCUT2D eigenvalue weighted by molar-refractivity contribution is -0.114. The van der Waals surface area contributed by atoms with Crippen LogP contribution in [0, 0.1) is 6.92 Å². The molecule has 0 saturated carbocycles. The first kappa shape index (κ1) is 19.6. The fraction of sp³-hybridized carbons (Fsp3) is 0.235. The molecule has 0 aromatic heterocycles. The van der Waals surface area contributed by atoms with Crippen LogP contribution in [0.3, 0.4) is 0 Å². The highest BCUT2D eigenvalue weighted by Gasteiger charge is 2.22. The normalized spacial score (nSPS) is 11.2. The van der Waals surface area contributed by atoms with Crippen LogP contribution < -0.4 is 9.62 Å². The van der Waals surface area contributed by atoms with Gasteiger partial charge in [-0.3, -0.25) is 9.10 Å². The van der Waals surface area contributed by atoms with E-state index in [2.05, 4.69) is 5.32 Å². The number of anilines is 2. The van der Waals surface area contributed by atoms with Crippen molar-refractivity contribution in [3.63, 3.8) is 0 Å². The highest BCUT2D eigenvalue weighted by Crippen LogP contribution is 2.27. The molecule has 0 saturated heterocycles. The van der Waals surface area contributed by atoms with E-state index in [4.69, 9.17) is 11.6 Å². The summed E-state index contributed by atoms with van der Waals surface area (Å²) >= 11 is 7.43. The molecule has 0 spiro atoms. The van der Waals surface area contributed by atoms with Gasteiger partial charge in [-0.15, -0.1) is 11.8 Å². The molecule has 0 fully saturated rings. The molecule has 0 heterocycles. The van der Waals surface area contributed by atoms with Crippen molar-refractivity contribution in [3.8, 4) is 0 Å². The zero-order valence-corrected chi connectivity index (χ0v) is 16.5. The van der Waals surface area contributed by atoms with Crippen LogP contribution in [0.5, 0.6) is 0 Å². The number of nitrogens with zero attached hydrogens (tertiary/aromatic N) is 1. The van der Waals surface area contributed by atoms with Crippen molar-refractivity contribution in [2.24, 2.45) is 0 Å². The van der Waals surface area contributed by atoms with Crippen LogP contribution in [-0.2, 0) is 14.8 Å². The smallest absolute Gasteiger partial charge is 0.245 e. The van der Waals surface area contributed by atoms with E-state index in [0.717, 1.165) is 15.5 Å². The number of para-hydroxylation sites is 1. The number of carbonyl (C=O) groups is 1. The Hall–Kier alpha value is -1.70. The number of carbonyl (C=O) groups excluding carboxylic acids is 1. The van der Waals surface area contributed by atoms with Crippen LogP contribution >= 0.6 is 23.4 Å². The van der Waals surface area contributed by atoms with E-state index in [-0.39, 0.29) is 6.54 Å². The Morgan fingerprint density at radius 2 is 1.92 bits per heavy atom. The summed E-state index contributed by atoms with van der Waals surface area (Å²) in [6.07, 6.45) is 2.98. The van der Waals surface area contributed by atoms with E-state index in [1.54, 1.807) is 31.2 Å². The molecule has 1 N–H and O–H groups in total. The van der Waals surface area contributed by atoms with Gasteiger partial charge in [-0.2, -0.15) is 0 Å². The number of benzene rings is 2. The molecule has 0 atom stereocenters. The summed E-state index contributed by atoms with van der Waals surface area (Å²) in [5, 5.41) is 3.28. The first-order chi connectivity index (χ1) is 11.7. The predicted octanol–water partition coefficient (Wildman–Crippen LogP) is 3.78. The fourth-order valence-electron chi connectivity index (χ4n) is 2.35. The van der Waals surface area contributed by atoms with E-state index in [0.29, 0.717) is 22.0 Å². The quantitative estimate of drug-likeness (QED) is 0.752. The molecule has 0 aliphatic rings. The molecule has 0 unspecified atom stereocenters. The molecule has 134 valence electrons. The lowest BCUT2D eigenvalue weighted by atomic mass is 10.2. The van der Waals surface area contributed by atoms with Gasteiger partial charge in [0, 0.05) is 9.92 Å². The van der Waals surface area contributed by atoms with Crippen molar-refractivity contribution >= 4 is 50.7 Å². The van der Waals surface area contributed by atoms with Gasteiger partial charge < -0.3 is 5.32 Å². The highest BCUT2D eigenvalue weighted by atomic mass is 35.5. The number of rotatable bonds is 6. The maximum absolute atomic E-state index is 12.4. The summed E-state index contributed by atoms with van der Waals surface area (Å²) in [4.78, 5) is 13.3. The molecule has 8 heteroatoms. The molecule has 0 bridgehead atoms. The van der Waals surface area contributed by atoms with E-state index in [9.17, 15) is 13.2 Å². The minimum atomic E-state index is -3.63. The number of nitrogens with one attached hydrogen (secondary N) is 1. The van der Waals surface area contributed by atoms with Crippen LogP contribution in [0.4, 0.5) is 11.4 Å². The minimum Gasteiger partial charge on any atom is -0.323 e. The molecule has 2 rings (SSSR count). The van der Waals surface area contributed by atoms with Gasteiger partial charge in [0.2, 0.25) is 15.9 Å². The molecule has 25 heavy (non-hydrogen) atoms. The van der Waals surface area contributed by atoms with E-state index >= 15 is 0 Å². The van der Waals surface area contributed by atoms with Crippen molar-refractivity contribution < 1.29 is 13.2 Å². The Balaban J connectivity index is 2.27. The molecule has 2 aromatic rings. The minimum absolute atomic E-state index is 0.315. The van der Waals surface area contributed by atoms with Gasteiger partial charge in [-0.1, -0.05) is 23.7 Å². The number of hydrogen-bond acceptors (Lipinski definition) is 4. The van der Waals surface area contributed by atoms with E-state index < -0.39 is 15.9 Å². The standard InChI is InChI=1S/C17H19ClN2O3S2/c1-12-10-13(18)8-9-15(12)20(25(3,22)23)11-17(21)19-14-6-4-5-7-16(14)24-2/h4-10H,11H2,1-3H3,(H,19,21). The average Bonchev–Trinajstić information content (AvgIpc) is 2.53. The van der Waals surface area contributed by atoms with Crippen LogP contribution in [0.15, 0.2) is 47.4 Å². The Morgan fingerprint density at radius 3 is 2.52 bits per heavy atom. The van der Waals surface area contributed by atoms with Gasteiger partial charge in [-0.25, -0.2) is 8.42 Å². The summed E-state index contributed by atoms with van der Waals surface area (Å²) < 4.78 is 25.5. The number of aryl methyl sites for hydroxylation is 1. The SMILES string of the molecule is CSc1ccccc1NC(=O)CN(c1ccc(Cl)cc1C)S(C)(=O)=O. The second-order valence-electron chi connectivity index (χ2n) is 5.45. The zero-order chi connectivity index (χ0) is 18.6. The molecule has 0 radical (unpaired) electrons. The first-order valence-corrected chi connectivity index (χ1v) is 10.8. The second kappa shape index (κ2) is 8.12. The van der Waals surface area contributed by atoms with Crippen molar-refractivity contribution in [3.05, 3.63) is 53.1 Å². The molecular weight excluding hydrogens is 380 g/mol. The third-order valence-electron chi connectivity index (χ3n) is 3.50. The van der Waals surface area contributed by atoms with Crippen LogP contribution in [0.1, 0.15) is 5.56 Å². The lowest BCUT2D eigenvalue weighted by Gasteiger charge is -2.24. The molecule has 2 aromatic carbocycles. The van der Waals surface area contributed by atoms with E-state index in [1.807, 2.05) is 24.5 Å². The second-order valence-corrected chi connectivity index (χ2v) is 8.64. The first-order valence-electron chi connectivity index (χ1n) is 7.39. The Kier molecular flexibility index (Phi) is 6.37. The van der Waals surface area contributed by atoms with Gasteiger partial charge in [0.05, 0.1) is 17.6 Å². The molecular formula is C17H19ClN2O3S2. The maximum Gasteiger partial charge on any atom is 0.245 e. The third kappa shape index (κ3) is 5.14. The monoisotopic (exact) mass is 398 g/mol. The zero-order valence-electron chi connectivity index (χ0n) is 14.1. The third-order valence-corrected chi connectivity index (χ3v) is 5.65. The topological polar surface area (TPSA) is 66.5 Å². The van der Waals surface area contributed by atoms with Crippen LogP contribution in [0.2, 0.25) is 5.02 Å². The molecule has 5 nitrogen and oxygen atoms in total. The van der Waals surface area contributed by atoms with Crippen molar-refractivity contribution in [1.29, 1.82) is 0 Å². The predicted molar refractivity (Wildman–Crippen MR) is 105 cm³/mol. The molecule has 0 aliphatic carbocycles. The number of thioether (sulfide) groups is 1. The summed E-state index contributed by atoms with van der Waals surface area (Å²) in [7, 11) is -3.63. The summed E-state index contributed by atoms with van der Waals surface area (Å²) in [6.45, 7) is 1.43. The lowest BCUT2D eigenvalue weighted by Crippen LogP contribution is -2.37. The number of hydrogen-bond donors (Lipinski definition) is 1. The van der Waals surface area contributed by atoms with Gasteiger partial charge >= 0.3 is 0 Å². The molecule has 1 amide bonds. The number of sulfonamides is 1. The van der Waals surface area contributed by atoms with Gasteiger partial charge in [0.15, 0.2) is 0 Å². The van der Waals surface area contributed by atoms with Crippen molar-refractivity contribution in [2.75, 3.05) is 28.7 Å². The maximum atomic E-state index is 12.4. The Morgan fingerprint density at radius 1 is 1.24 bits per heavy atom.